The molecule has 7 nitrogen and oxygen atoms in total. The lowest BCUT2D eigenvalue weighted by Crippen LogP contribution is -2.47. The van der Waals surface area contributed by atoms with Gasteiger partial charge in [0, 0.05) is 52.2 Å². The number of hydrogen-bond donors (Lipinski definition) is 4. The van der Waals surface area contributed by atoms with Crippen LogP contribution in [0.4, 0.5) is 17.1 Å². The zero-order chi connectivity index (χ0) is 25.9. The highest BCUT2D eigenvalue weighted by atomic mass is 32.1. The maximum Gasteiger partial charge on any atom is 0.272 e. The van der Waals surface area contributed by atoms with Crippen LogP contribution >= 0.6 is 23.6 Å². The van der Waals surface area contributed by atoms with E-state index in [9.17, 15) is 9.90 Å². The van der Waals surface area contributed by atoms with E-state index in [4.69, 9.17) is 17.2 Å². The van der Waals surface area contributed by atoms with Crippen LogP contribution in [0, 0.1) is 6.92 Å². The van der Waals surface area contributed by atoms with Gasteiger partial charge in [-0.3, -0.25) is 4.79 Å². The molecule has 2 heterocycles. The van der Waals surface area contributed by atoms with E-state index in [-0.39, 0.29) is 12.5 Å². The number of hydrogen-bond acceptors (Lipinski definition) is 6. The summed E-state index contributed by atoms with van der Waals surface area (Å²) in [5, 5.41) is 25.1. The van der Waals surface area contributed by atoms with Crippen LogP contribution in [-0.2, 0) is 4.79 Å². The lowest BCUT2D eigenvalue weighted by Gasteiger charge is -2.22. The Bertz CT molecular complexity index is 1500. The van der Waals surface area contributed by atoms with Crippen LogP contribution in [0.25, 0.3) is 10.8 Å². The Kier molecular flexibility index (Phi) is 7.18. The summed E-state index contributed by atoms with van der Waals surface area (Å²) in [6, 6.07) is 19.8. The summed E-state index contributed by atoms with van der Waals surface area (Å²) in [7, 11) is 1.76. The number of rotatable bonds is 6. The molecule has 0 saturated heterocycles. The number of carbonyl (C=O) groups excluding carboxylic acids is 1. The number of aliphatic hydroxyl groups is 1. The highest BCUT2D eigenvalue weighted by Gasteiger charge is 2.30. The summed E-state index contributed by atoms with van der Waals surface area (Å²) < 4.78 is 0. The molecule has 1 aromatic heterocycles. The first-order valence-corrected chi connectivity index (χ1v) is 13.2. The minimum absolute atomic E-state index is 0.0452. The third-order valence-electron chi connectivity index (χ3n) is 6.25. The molecule has 1 unspecified atom stereocenters. The number of anilines is 3. The van der Waals surface area contributed by atoms with Gasteiger partial charge in [0.05, 0.1) is 18.0 Å². The quantitative estimate of drug-likeness (QED) is 0.270. The molecular formula is C28H27N5O2S2. The number of nitrogens with one attached hydrogen (secondary N) is 3. The van der Waals surface area contributed by atoms with Gasteiger partial charge in [-0.15, -0.1) is 0 Å². The summed E-state index contributed by atoms with van der Waals surface area (Å²) in [6.07, 6.45) is -0.899. The maximum absolute atomic E-state index is 13.5. The van der Waals surface area contributed by atoms with E-state index < -0.39 is 6.17 Å². The van der Waals surface area contributed by atoms with Crippen LogP contribution in [-0.4, -0.2) is 48.2 Å². The summed E-state index contributed by atoms with van der Waals surface area (Å²) in [5.41, 5.74) is 6.25. The summed E-state index contributed by atoms with van der Waals surface area (Å²) in [6.45, 7) is 2.53. The lowest BCUT2D eigenvalue weighted by molar-refractivity contribution is -0.119. The molecule has 0 spiro atoms. The molecule has 1 aliphatic rings. The predicted octanol–water partition coefficient (Wildman–Crippen LogP) is 4.74. The third-order valence-corrected chi connectivity index (χ3v) is 7.16. The van der Waals surface area contributed by atoms with E-state index in [0.29, 0.717) is 11.7 Å². The number of aryl methyl sites for hydroxylation is 1. The normalized spacial score (nSPS) is 15.1. The molecule has 0 saturated carbocycles. The van der Waals surface area contributed by atoms with Crippen molar-refractivity contribution in [2.75, 3.05) is 35.7 Å². The highest BCUT2D eigenvalue weighted by Crippen LogP contribution is 2.31. The number of benzene rings is 3. The Morgan fingerprint density at radius 1 is 1.11 bits per heavy atom. The van der Waals surface area contributed by atoms with Crippen molar-refractivity contribution in [3.8, 4) is 0 Å². The van der Waals surface area contributed by atoms with E-state index in [1.165, 1.54) is 0 Å². The number of aliphatic imine (C=N–C) groups is 1. The van der Waals surface area contributed by atoms with Gasteiger partial charge in [0.2, 0.25) is 6.17 Å². The molecule has 0 aliphatic carbocycles. The number of amides is 1. The topological polar surface area (TPSA) is 89.0 Å². The van der Waals surface area contributed by atoms with Crippen LogP contribution in [0.5, 0.6) is 0 Å². The minimum Gasteiger partial charge on any atom is -0.395 e. The zero-order valence-corrected chi connectivity index (χ0v) is 22.1. The Morgan fingerprint density at radius 2 is 1.86 bits per heavy atom. The smallest absolute Gasteiger partial charge is 0.272 e. The van der Waals surface area contributed by atoms with Crippen LogP contribution in [0.3, 0.4) is 0 Å². The molecule has 1 atom stereocenters. The molecule has 3 aromatic carbocycles. The number of thiophene rings is 1. The summed E-state index contributed by atoms with van der Waals surface area (Å²) >= 11 is 7.24. The SMILES string of the molecule is Cc1ccc2c(c1)C(c1ccsc1)=NC(NC(=S)Nc1ccc(NCCO)c3ccccc13)C(=O)N2C. The van der Waals surface area contributed by atoms with Gasteiger partial charge in [-0.05, 0) is 54.9 Å². The van der Waals surface area contributed by atoms with Crippen LogP contribution in [0.15, 0.2) is 76.4 Å². The van der Waals surface area contributed by atoms with Crippen molar-refractivity contribution in [3.05, 3.63) is 88.1 Å². The Morgan fingerprint density at radius 3 is 2.59 bits per heavy atom. The van der Waals surface area contributed by atoms with Gasteiger partial charge in [-0.1, -0.05) is 35.9 Å². The van der Waals surface area contributed by atoms with Gasteiger partial charge >= 0.3 is 0 Å². The molecule has 0 radical (unpaired) electrons. The first-order valence-electron chi connectivity index (χ1n) is 11.9. The van der Waals surface area contributed by atoms with Gasteiger partial charge in [0.25, 0.3) is 5.91 Å². The van der Waals surface area contributed by atoms with Gasteiger partial charge in [-0.25, -0.2) is 4.99 Å². The summed E-state index contributed by atoms with van der Waals surface area (Å²) in [5.74, 6) is -0.201. The number of thiocarbonyl (C=S) groups is 1. The number of carbonyl (C=O) groups is 1. The molecule has 188 valence electrons. The molecular weight excluding hydrogens is 502 g/mol. The van der Waals surface area contributed by atoms with Crippen LogP contribution in [0.2, 0.25) is 0 Å². The van der Waals surface area contributed by atoms with E-state index in [2.05, 4.69) is 22.0 Å². The van der Waals surface area contributed by atoms with Gasteiger partial charge in [0.1, 0.15) is 0 Å². The second-order valence-electron chi connectivity index (χ2n) is 8.77. The van der Waals surface area contributed by atoms with Crippen molar-refractivity contribution < 1.29 is 9.90 Å². The molecule has 5 rings (SSSR count). The molecule has 37 heavy (non-hydrogen) atoms. The predicted molar refractivity (Wildman–Crippen MR) is 157 cm³/mol. The number of fused-ring (bicyclic) bond motifs is 2. The first-order chi connectivity index (χ1) is 18.0. The number of nitrogens with zero attached hydrogens (tertiary/aromatic N) is 2. The van der Waals surface area contributed by atoms with E-state index in [1.54, 1.807) is 23.3 Å². The highest BCUT2D eigenvalue weighted by molar-refractivity contribution is 7.80. The zero-order valence-electron chi connectivity index (χ0n) is 20.5. The second kappa shape index (κ2) is 10.7. The maximum atomic E-state index is 13.5. The average molecular weight is 530 g/mol. The Balaban J connectivity index is 1.46. The fourth-order valence-corrected chi connectivity index (χ4v) is 5.31. The van der Waals surface area contributed by atoms with E-state index in [0.717, 1.165) is 50.2 Å². The Labute approximate surface area is 224 Å². The van der Waals surface area contributed by atoms with E-state index in [1.807, 2.05) is 72.3 Å². The molecule has 1 amide bonds. The summed E-state index contributed by atoms with van der Waals surface area (Å²) in [4.78, 5) is 20.0. The number of benzodiazepines with no additional fused rings is 1. The fourth-order valence-electron chi connectivity index (χ4n) is 4.45. The Hall–Kier alpha value is -3.79. The van der Waals surface area contributed by atoms with Crippen LogP contribution in [0.1, 0.15) is 16.7 Å². The van der Waals surface area contributed by atoms with Gasteiger partial charge in [0.15, 0.2) is 5.11 Å². The van der Waals surface area contributed by atoms with Crippen molar-refractivity contribution in [2.45, 2.75) is 13.1 Å². The standard InChI is InChI=1S/C28H27N5O2S2/c1-17-7-10-24-21(15-17)25(18-11-14-37-16-18)31-26(27(35)33(24)2)32-28(36)30-23-9-8-22(29-12-13-34)19-5-3-4-6-20(19)23/h3-11,14-16,26,29,34H,12-13H2,1-2H3,(H2,30,32,36). The second-order valence-corrected chi connectivity index (χ2v) is 9.95. The molecule has 1 aliphatic heterocycles. The molecule has 4 N–H and O–H groups in total. The van der Waals surface area contributed by atoms with Gasteiger partial charge < -0.3 is 26.0 Å². The number of aliphatic hydroxyl groups excluding tert-OH is 1. The van der Waals surface area contributed by atoms with E-state index >= 15 is 0 Å². The monoisotopic (exact) mass is 529 g/mol. The third kappa shape index (κ3) is 5.06. The average Bonchev–Trinajstić information content (AvgIpc) is 3.41. The van der Waals surface area contributed by atoms with Crippen molar-refractivity contribution in [1.29, 1.82) is 0 Å². The van der Waals surface area contributed by atoms with Crippen molar-refractivity contribution in [3.63, 3.8) is 0 Å². The molecule has 9 heteroatoms. The molecule has 0 fully saturated rings. The van der Waals surface area contributed by atoms with Crippen molar-refractivity contribution in [2.24, 2.45) is 4.99 Å². The fraction of sp³-hybridized carbons (Fsp3) is 0.179. The molecule has 0 bridgehead atoms. The first kappa shape index (κ1) is 24.9. The van der Waals surface area contributed by atoms with Gasteiger partial charge in [-0.2, -0.15) is 11.3 Å². The molecule has 4 aromatic rings. The van der Waals surface area contributed by atoms with Crippen molar-refractivity contribution >= 4 is 68.1 Å². The lowest BCUT2D eigenvalue weighted by atomic mass is 10.0. The van der Waals surface area contributed by atoms with Crippen LogP contribution < -0.4 is 20.9 Å². The minimum atomic E-state index is -0.899. The largest absolute Gasteiger partial charge is 0.395 e. The van der Waals surface area contributed by atoms with Crippen molar-refractivity contribution in [1.82, 2.24) is 5.32 Å². The number of likely N-dealkylation sites (N-methyl/N-ethyl adjacent to an activating group) is 1.